The van der Waals surface area contributed by atoms with Gasteiger partial charge in [-0.1, -0.05) is 25.4 Å². The molecule has 0 aliphatic rings. The summed E-state index contributed by atoms with van der Waals surface area (Å²) in [4.78, 5) is 14.9. The quantitative estimate of drug-likeness (QED) is 0.839. The number of nitrogens with zero attached hydrogens (tertiary/aromatic N) is 1. The first kappa shape index (κ1) is 15.6. The minimum Gasteiger partial charge on any atom is -0.368 e. The largest absolute Gasteiger partial charge is 0.416 e. The van der Waals surface area contributed by atoms with Gasteiger partial charge in [-0.3, -0.25) is 4.79 Å². The van der Waals surface area contributed by atoms with Crippen molar-refractivity contribution in [3.05, 3.63) is 22.8 Å². The lowest BCUT2D eigenvalue weighted by Crippen LogP contribution is -2.39. The Balaban J connectivity index is 3.08. The number of halogens is 4. The van der Waals surface area contributed by atoms with Gasteiger partial charge in [0.25, 0.3) is 0 Å². The van der Waals surface area contributed by atoms with Crippen molar-refractivity contribution >= 4 is 23.3 Å². The molecule has 0 aliphatic carbocycles. The van der Waals surface area contributed by atoms with Crippen molar-refractivity contribution in [1.29, 1.82) is 0 Å². The number of alkyl halides is 3. The zero-order valence-corrected chi connectivity index (χ0v) is 11.0. The molecule has 1 aromatic heterocycles. The summed E-state index contributed by atoms with van der Waals surface area (Å²) in [5.74, 6) is -1.02. The van der Waals surface area contributed by atoms with Gasteiger partial charge >= 0.3 is 6.18 Å². The number of nitrogens with two attached hydrogens (primary N) is 1. The molecular weight excluding hydrogens is 283 g/mol. The Bertz CT molecular complexity index is 477. The molecule has 0 saturated carbocycles. The number of carbonyl (C=O) groups excluding carboxylic acids is 1. The molecule has 1 rings (SSSR count). The van der Waals surface area contributed by atoms with E-state index in [9.17, 15) is 18.0 Å². The molecule has 4 nitrogen and oxygen atoms in total. The number of nitrogens with one attached hydrogen (secondary N) is 1. The van der Waals surface area contributed by atoms with Crippen LogP contribution in [0.1, 0.15) is 19.4 Å². The first-order valence-electron chi connectivity index (χ1n) is 5.42. The Morgan fingerprint density at radius 3 is 2.42 bits per heavy atom. The average Bonchev–Trinajstić information content (AvgIpc) is 2.23. The van der Waals surface area contributed by atoms with Gasteiger partial charge in [-0.05, 0) is 18.1 Å². The van der Waals surface area contributed by atoms with E-state index in [1.807, 2.05) is 0 Å². The van der Waals surface area contributed by atoms with Crippen LogP contribution in [0, 0.1) is 5.92 Å². The Kier molecular flexibility index (Phi) is 4.62. The first-order valence-corrected chi connectivity index (χ1v) is 5.79. The lowest BCUT2D eigenvalue weighted by atomic mass is 10.0. The summed E-state index contributed by atoms with van der Waals surface area (Å²) in [6.45, 7) is 3.41. The zero-order valence-electron chi connectivity index (χ0n) is 10.3. The highest BCUT2D eigenvalue weighted by atomic mass is 35.5. The summed E-state index contributed by atoms with van der Waals surface area (Å²) in [5.41, 5.74) is 4.22. The van der Waals surface area contributed by atoms with Gasteiger partial charge in [0.05, 0.1) is 5.56 Å². The van der Waals surface area contributed by atoms with Gasteiger partial charge in [-0.25, -0.2) is 4.98 Å². The van der Waals surface area contributed by atoms with Crippen LogP contribution >= 0.6 is 11.6 Å². The van der Waals surface area contributed by atoms with Crippen molar-refractivity contribution in [2.24, 2.45) is 11.7 Å². The number of rotatable bonds is 4. The van der Waals surface area contributed by atoms with E-state index in [0.717, 1.165) is 6.07 Å². The Morgan fingerprint density at radius 2 is 2.00 bits per heavy atom. The van der Waals surface area contributed by atoms with Crippen LogP contribution in [-0.2, 0) is 11.0 Å². The summed E-state index contributed by atoms with van der Waals surface area (Å²) in [5, 5.41) is 2.25. The molecule has 0 bridgehead atoms. The smallest absolute Gasteiger partial charge is 0.368 e. The average molecular weight is 296 g/mol. The summed E-state index contributed by atoms with van der Waals surface area (Å²) < 4.78 is 37.8. The van der Waals surface area contributed by atoms with Crippen LogP contribution in [0.15, 0.2) is 12.1 Å². The van der Waals surface area contributed by atoms with Crippen LogP contribution < -0.4 is 11.1 Å². The van der Waals surface area contributed by atoms with Gasteiger partial charge in [0.15, 0.2) is 0 Å². The third kappa shape index (κ3) is 4.27. The standard InChI is InChI=1S/C11H13ClF3N3O/c1-5(2)9(10(16)19)18-8-4-6(11(13,14)15)3-7(12)17-8/h3-5,9H,1-2H3,(H2,16,19)(H,17,18). The fourth-order valence-corrected chi connectivity index (χ4v) is 1.67. The second kappa shape index (κ2) is 5.64. The van der Waals surface area contributed by atoms with Gasteiger partial charge in [0.2, 0.25) is 5.91 Å². The molecule has 0 saturated heterocycles. The molecule has 0 radical (unpaired) electrons. The minimum atomic E-state index is -4.54. The van der Waals surface area contributed by atoms with Crippen molar-refractivity contribution in [3.63, 3.8) is 0 Å². The van der Waals surface area contributed by atoms with Crippen LogP contribution in [0.25, 0.3) is 0 Å². The molecule has 0 spiro atoms. The minimum absolute atomic E-state index is 0.141. The van der Waals surface area contributed by atoms with Gasteiger partial charge in [0, 0.05) is 0 Å². The highest BCUT2D eigenvalue weighted by molar-refractivity contribution is 6.29. The third-order valence-corrected chi connectivity index (χ3v) is 2.59. The van der Waals surface area contributed by atoms with E-state index in [-0.39, 0.29) is 16.9 Å². The van der Waals surface area contributed by atoms with Crippen molar-refractivity contribution in [2.75, 3.05) is 5.32 Å². The summed E-state index contributed by atoms with van der Waals surface area (Å²) in [7, 11) is 0. The molecule has 1 heterocycles. The molecule has 1 unspecified atom stereocenters. The van der Waals surface area contributed by atoms with Gasteiger partial charge in [-0.15, -0.1) is 0 Å². The topological polar surface area (TPSA) is 68.0 Å². The van der Waals surface area contributed by atoms with Gasteiger partial charge in [0.1, 0.15) is 17.0 Å². The molecular formula is C11H13ClF3N3O. The normalized spacial score (nSPS) is 13.4. The maximum atomic E-state index is 12.6. The van der Waals surface area contributed by atoms with Crippen LogP contribution in [0.4, 0.5) is 19.0 Å². The second-order valence-corrected chi connectivity index (χ2v) is 4.72. The number of hydrogen-bond acceptors (Lipinski definition) is 3. The molecule has 19 heavy (non-hydrogen) atoms. The van der Waals surface area contributed by atoms with E-state index in [1.54, 1.807) is 13.8 Å². The molecule has 1 aromatic rings. The maximum Gasteiger partial charge on any atom is 0.416 e. The molecule has 1 amide bonds. The van der Waals surface area contributed by atoms with E-state index in [2.05, 4.69) is 10.3 Å². The first-order chi connectivity index (χ1) is 8.61. The molecule has 106 valence electrons. The zero-order chi connectivity index (χ0) is 14.8. The Morgan fingerprint density at radius 1 is 1.42 bits per heavy atom. The van der Waals surface area contributed by atoms with Crippen LogP contribution in [0.3, 0.4) is 0 Å². The lowest BCUT2D eigenvalue weighted by Gasteiger charge is -2.20. The summed E-state index contributed by atoms with van der Waals surface area (Å²) in [6.07, 6.45) is -4.54. The number of anilines is 1. The Labute approximate surface area is 113 Å². The Hall–Kier alpha value is -1.50. The van der Waals surface area contributed by atoms with Gasteiger partial charge < -0.3 is 11.1 Å². The van der Waals surface area contributed by atoms with Gasteiger partial charge in [-0.2, -0.15) is 13.2 Å². The van der Waals surface area contributed by atoms with Crippen LogP contribution in [0.5, 0.6) is 0 Å². The van der Waals surface area contributed by atoms with Crippen molar-refractivity contribution < 1.29 is 18.0 Å². The molecule has 0 aliphatic heterocycles. The monoisotopic (exact) mass is 295 g/mol. The highest BCUT2D eigenvalue weighted by Crippen LogP contribution is 2.32. The van der Waals surface area contributed by atoms with E-state index in [1.165, 1.54) is 0 Å². The number of aromatic nitrogens is 1. The number of pyridine rings is 1. The van der Waals surface area contributed by atoms with Crippen LogP contribution in [-0.4, -0.2) is 16.9 Å². The van der Waals surface area contributed by atoms with Crippen molar-refractivity contribution in [2.45, 2.75) is 26.1 Å². The maximum absolute atomic E-state index is 12.6. The lowest BCUT2D eigenvalue weighted by molar-refractivity contribution is -0.137. The van der Waals surface area contributed by atoms with E-state index >= 15 is 0 Å². The predicted octanol–water partition coefficient (Wildman–Crippen LogP) is 2.68. The summed E-state index contributed by atoms with van der Waals surface area (Å²) in [6, 6.07) is 0.665. The second-order valence-electron chi connectivity index (χ2n) is 4.33. The fraction of sp³-hybridized carbons (Fsp3) is 0.455. The predicted molar refractivity (Wildman–Crippen MR) is 65.7 cm³/mol. The van der Waals surface area contributed by atoms with Crippen LogP contribution in [0.2, 0.25) is 5.15 Å². The number of hydrogen-bond donors (Lipinski definition) is 2. The highest BCUT2D eigenvalue weighted by Gasteiger charge is 2.32. The van der Waals surface area contributed by atoms with E-state index in [0.29, 0.717) is 6.07 Å². The number of primary amides is 1. The fourth-order valence-electron chi connectivity index (χ4n) is 1.46. The van der Waals surface area contributed by atoms with Crippen molar-refractivity contribution in [1.82, 2.24) is 4.98 Å². The van der Waals surface area contributed by atoms with Crippen molar-refractivity contribution in [3.8, 4) is 0 Å². The summed E-state index contributed by atoms with van der Waals surface area (Å²) >= 11 is 5.53. The molecule has 8 heteroatoms. The number of carbonyl (C=O) groups is 1. The van der Waals surface area contributed by atoms with E-state index in [4.69, 9.17) is 17.3 Å². The molecule has 0 fully saturated rings. The third-order valence-electron chi connectivity index (χ3n) is 2.40. The molecule has 3 N–H and O–H groups in total. The molecule has 0 aromatic carbocycles. The number of amides is 1. The van der Waals surface area contributed by atoms with E-state index < -0.39 is 23.7 Å². The SMILES string of the molecule is CC(C)C(Nc1cc(C(F)(F)F)cc(Cl)n1)C(N)=O. The molecule has 1 atom stereocenters.